The molecule has 26 heavy (non-hydrogen) atoms. The Hall–Kier alpha value is -2.94. The second kappa shape index (κ2) is 6.75. The Labute approximate surface area is 153 Å². The lowest BCUT2D eigenvalue weighted by molar-refractivity contribution is -0.126. The summed E-state index contributed by atoms with van der Waals surface area (Å²) in [6.07, 6.45) is 2.25. The van der Waals surface area contributed by atoms with Gasteiger partial charge in [-0.3, -0.25) is 14.5 Å². The van der Waals surface area contributed by atoms with Crippen LogP contribution in [0.15, 0.2) is 35.8 Å². The molecular formula is C17H16N4O4S. The molecule has 1 N–H and O–H groups in total. The van der Waals surface area contributed by atoms with Gasteiger partial charge in [0.1, 0.15) is 5.75 Å². The SMILES string of the molecule is O=C(c1ccc(Oc2nccs2)cc1)N1CCC(N2C(=O)CNC2=O)C1. The number of urea groups is 1. The molecule has 2 aliphatic rings. The fourth-order valence-electron chi connectivity index (χ4n) is 3.15. The molecule has 8 nitrogen and oxygen atoms in total. The van der Waals surface area contributed by atoms with Crippen molar-refractivity contribution in [1.82, 2.24) is 20.1 Å². The van der Waals surface area contributed by atoms with Crippen LogP contribution < -0.4 is 10.1 Å². The average Bonchev–Trinajstić information content (AvgIpc) is 3.37. The molecule has 0 spiro atoms. The molecule has 0 bridgehead atoms. The first kappa shape index (κ1) is 16.5. The van der Waals surface area contributed by atoms with Gasteiger partial charge in [-0.2, -0.15) is 0 Å². The van der Waals surface area contributed by atoms with Gasteiger partial charge in [-0.05, 0) is 30.7 Å². The van der Waals surface area contributed by atoms with E-state index in [2.05, 4.69) is 10.3 Å². The van der Waals surface area contributed by atoms with Crippen molar-refractivity contribution < 1.29 is 19.1 Å². The first-order chi connectivity index (χ1) is 12.6. The van der Waals surface area contributed by atoms with E-state index >= 15 is 0 Å². The van der Waals surface area contributed by atoms with Crippen LogP contribution >= 0.6 is 11.3 Å². The third-order valence-corrected chi connectivity index (χ3v) is 5.06. The molecule has 2 aromatic rings. The second-order valence-electron chi connectivity index (χ2n) is 6.04. The minimum atomic E-state index is -0.377. The van der Waals surface area contributed by atoms with Crippen molar-refractivity contribution in [3.8, 4) is 10.9 Å². The van der Waals surface area contributed by atoms with Gasteiger partial charge in [0.05, 0.1) is 12.6 Å². The quantitative estimate of drug-likeness (QED) is 0.825. The Balaban J connectivity index is 1.40. The number of benzene rings is 1. The number of amides is 4. The highest BCUT2D eigenvalue weighted by molar-refractivity contribution is 7.11. The van der Waals surface area contributed by atoms with Crippen LogP contribution in [0.4, 0.5) is 4.79 Å². The van der Waals surface area contributed by atoms with Crippen molar-refractivity contribution in [3.05, 3.63) is 41.4 Å². The van der Waals surface area contributed by atoms with Crippen molar-refractivity contribution >= 4 is 29.2 Å². The van der Waals surface area contributed by atoms with Crippen LogP contribution in [0.1, 0.15) is 16.8 Å². The smallest absolute Gasteiger partial charge is 0.324 e. The summed E-state index contributed by atoms with van der Waals surface area (Å²) in [6.45, 7) is 0.900. The maximum atomic E-state index is 12.7. The summed E-state index contributed by atoms with van der Waals surface area (Å²) in [5, 5.41) is 4.88. The number of likely N-dealkylation sites (tertiary alicyclic amines) is 1. The Bertz CT molecular complexity index is 821. The Morgan fingerprint density at radius 3 is 2.73 bits per heavy atom. The molecule has 4 amide bonds. The first-order valence-electron chi connectivity index (χ1n) is 8.18. The molecule has 1 atom stereocenters. The van der Waals surface area contributed by atoms with Crippen LogP contribution in [0.5, 0.6) is 10.9 Å². The molecule has 2 aliphatic heterocycles. The zero-order valence-corrected chi connectivity index (χ0v) is 14.6. The zero-order valence-electron chi connectivity index (χ0n) is 13.8. The number of carbonyl (C=O) groups excluding carboxylic acids is 3. The van der Waals surface area contributed by atoms with Gasteiger partial charge < -0.3 is 15.0 Å². The molecule has 2 saturated heterocycles. The van der Waals surface area contributed by atoms with Crippen LogP contribution in [0.2, 0.25) is 0 Å². The largest absolute Gasteiger partial charge is 0.431 e. The molecule has 3 heterocycles. The normalized spacial score (nSPS) is 19.8. The van der Waals surface area contributed by atoms with Crippen LogP contribution in [0.3, 0.4) is 0 Å². The predicted octanol–water partition coefficient (Wildman–Crippen LogP) is 1.70. The standard InChI is InChI=1S/C17H16N4O4S/c22-14-9-19-16(24)21(14)12-5-7-20(10-12)15(23)11-1-3-13(4-2-11)25-17-18-6-8-26-17/h1-4,6,8,12H,5,7,9-10H2,(H,19,24). The number of nitrogens with zero attached hydrogens (tertiary/aromatic N) is 3. The van der Waals surface area contributed by atoms with Gasteiger partial charge in [-0.1, -0.05) is 11.3 Å². The number of carbonyl (C=O) groups is 3. The highest BCUT2D eigenvalue weighted by atomic mass is 32.1. The van der Waals surface area contributed by atoms with Crippen molar-refractivity contribution in [3.63, 3.8) is 0 Å². The topological polar surface area (TPSA) is 91.8 Å². The van der Waals surface area contributed by atoms with E-state index < -0.39 is 0 Å². The number of imide groups is 1. The van der Waals surface area contributed by atoms with Crippen LogP contribution in [0, 0.1) is 0 Å². The van der Waals surface area contributed by atoms with Gasteiger partial charge >= 0.3 is 6.03 Å². The summed E-state index contributed by atoms with van der Waals surface area (Å²) in [5.74, 6) is 0.244. The molecule has 1 aromatic carbocycles. The summed E-state index contributed by atoms with van der Waals surface area (Å²) in [6, 6.07) is 6.21. The number of aromatic nitrogens is 1. The maximum Gasteiger partial charge on any atom is 0.324 e. The van der Waals surface area contributed by atoms with E-state index in [0.717, 1.165) is 0 Å². The lowest BCUT2D eigenvalue weighted by atomic mass is 10.2. The van der Waals surface area contributed by atoms with E-state index in [1.807, 2.05) is 5.38 Å². The summed E-state index contributed by atoms with van der Waals surface area (Å²) in [7, 11) is 0. The van der Waals surface area contributed by atoms with Gasteiger partial charge in [0.25, 0.3) is 11.1 Å². The molecule has 1 unspecified atom stereocenters. The molecule has 0 radical (unpaired) electrons. The minimum absolute atomic E-state index is 0.0316. The number of hydrogen-bond acceptors (Lipinski definition) is 6. The number of rotatable bonds is 4. The first-order valence-corrected chi connectivity index (χ1v) is 9.06. The Kier molecular flexibility index (Phi) is 4.29. The van der Waals surface area contributed by atoms with Gasteiger partial charge in [0.15, 0.2) is 0 Å². The molecule has 0 saturated carbocycles. The van der Waals surface area contributed by atoms with E-state index in [4.69, 9.17) is 4.74 Å². The van der Waals surface area contributed by atoms with Crippen molar-refractivity contribution in [2.75, 3.05) is 19.6 Å². The van der Waals surface area contributed by atoms with Gasteiger partial charge in [-0.15, -0.1) is 0 Å². The van der Waals surface area contributed by atoms with Crippen molar-refractivity contribution in [2.45, 2.75) is 12.5 Å². The minimum Gasteiger partial charge on any atom is -0.431 e. The van der Waals surface area contributed by atoms with Crippen LogP contribution in [0.25, 0.3) is 0 Å². The molecule has 134 valence electrons. The lowest BCUT2D eigenvalue weighted by Gasteiger charge is -2.21. The zero-order chi connectivity index (χ0) is 18.1. The summed E-state index contributed by atoms with van der Waals surface area (Å²) in [4.78, 5) is 43.2. The number of nitrogens with one attached hydrogen (secondary N) is 1. The maximum absolute atomic E-state index is 12.7. The summed E-state index contributed by atoms with van der Waals surface area (Å²) < 4.78 is 5.58. The van der Waals surface area contributed by atoms with E-state index in [1.165, 1.54) is 16.2 Å². The number of hydrogen-bond donors (Lipinski definition) is 1. The molecule has 4 rings (SSSR count). The van der Waals surface area contributed by atoms with Gasteiger partial charge in [0.2, 0.25) is 5.91 Å². The molecule has 2 fully saturated rings. The number of ether oxygens (including phenoxy) is 1. The molecule has 1 aromatic heterocycles. The van der Waals surface area contributed by atoms with Crippen LogP contribution in [-0.2, 0) is 4.79 Å². The van der Waals surface area contributed by atoms with Crippen molar-refractivity contribution in [2.24, 2.45) is 0 Å². The summed E-state index contributed by atoms with van der Waals surface area (Å²) >= 11 is 1.39. The summed E-state index contributed by atoms with van der Waals surface area (Å²) in [5.41, 5.74) is 0.536. The van der Waals surface area contributed by atoms with E-state index in [1.54, 1.807) is 35.4 Å². The van der Waals surface area contributed by atoms with E-state index in [9.17, 15) is 14.4 Å². The van der Waals surface area contributed by atoms with Gasteiger partial charge in [0, 0.05) is 30.2 Å². The predicted molar refractivity (Wildman–Crippen MR) is 93.2 cm³/mol. The third-order valence-electron chi connectivity index (χ3n) is 4.41. The monoisotopic (exact) mass is 372 g/mol. The highest BCUT2D eigenvalue weighted by Crippen LogP contribution is 2.25. The Morgan fingerprint density at radius 1 is 1.27 bits per heavy atom. The van der Waals surface area contributed by atoms with Crippen LogP contribution in [-0.4, -0.2) is 58.3 Å². The van der Waals surface area contributed by atoms with Gasteiger partial charge in [-0.25, -0.2) is 9.78 Å². The number of thiazole rings is 1. The fourth-order valence-corrected chi connectivity index (χ4v) is 3.66. The van der Waals surface area contributed by atoms with E-state index in [0.29, 0.717) is 36.0 Å². The fraction of sp³-hybridized carbons (Fsp3) is 0.294. The molecule has 9 heteroatoms. The Morgan fingerprint density at radius 2 is 2.08 bits per heavy atom. The lowest BCUT2D eigenvalue weighted by Crippen LogP contribution is -2.42. The molecular weight excluding hydrogens is 356 g/mol. The third kappa shape index (κ3) is 3.13. The highest BCUT2D eigenvalue weighted by Gasteiger charge is 2.39. The average molecular weight is 372 g/mol. The second-order valence-corrected chi connectivity index (χ2v) is 6.90. The van der Waals surface area contributed by atoms with E-state index in [-0.39, 0.29) is 30.4 Å². The van der Waals surface area contributed by atoms with Crippen molar-refractivity contribution in [1.29, 1.82) is 0 Å². The molecule has 0 aliphatic carbocycles.